The molecule has 1 aromatic rings. The van der Waals surface area contributed by atoms with Crippen molar-refractivity contribution in [1.29, 1.82) is 0 Å². The van der Waals surface area contributed by atoms with Crippen molar-refractivity contribution >= 4 is 5.91 Å². The Balaban J connectivity index is 1.80. The molecule has 0 aromatic carbocycles. The lowest BCUT2D eigenvalue weighted by atomic mass is 9.93. The fourth-order valence-corrected chi connectivity index (χ4v) is 2.79. The van der Waals surface area contributed by atoms with Gasteiger partial charge in [-0.2, -0.15) is 0 Å². The van der Waals surface area contributed by atoms with Gasteiger partial charge in [0.15, 0.2) is 0 Å². The summed E-state index contributed by atoms with van der Waals surface area (Å²) in [5, 5.41) is 3.07. The quantitative estimate of drug-likeness (QED) is 0.853. The van der Waals surface area contributed by atoms with Gasteiger partial charge in [0.05, 0.1) is 0 Å². The summed E-state index contributed by atoms with van der Waals surface area (Å²) in [6.07, 6.45) is 7.50. The Morgan fingerprint density at radius 3 is 3.00 bits per heavy atom. The van der Waals surface area contributed by atoms with Crippen molar-refractivity contribution in [2.75, 3.05) is 0 Å². The molecular weight excluding hydrogens is 226 g/mol. The Kier molecular flexibility index (Phi) is 2.90. The van der Waals surface area contributed by atoms with E-state index in [1.54, 1.807) is 0 Å². The number of nitrogens with zero attached hydrogens (tertiary/aromatic N) is 1. The third kappa shape index (κ3) is 2.05. The lowest BCUT2D eigenvalue weighted by molar-refractivity contribution is -0.124. The molecule has 98 valence electrons. The summed E-state index contributed by atoms with van der Waals surface area (Å²) in [6.45, 7) is 1.97. The van der Waals surface area contributed by atoms with Crippen molar-refractivity contribution in [2.45, 2.75) is 57.2 Å². The lowest BCUT2D eigenvalue weighted by Gasteiger charge is -2.23. The molecule has 0 saturated heterocycles. The maximum atomic E-state index is 12.1. The summed E-state index contributed by atoms with van der Waals surface area (Å²) >= 11 is 0. The molecule has 1 fully saturated rings. The lowest BCUT2D eigenvalue weighted by Crippen LogP contribution is -2.33. The topological polar surface area (TPSA) is 60.0 Å². The third-order valence-corrected chi connectivity index (χ3v) is 4.11. The molecule has 1 amide bonds. The maximum absolute atomic E-state index is 12.1. The number of aromatic nitrogens is 1. The van der Waals surface area contributed by atoms with E-state index in [9.17, 15) is 4.79 Å². The van der Waals surface area contributed by atoms with Crippen molar-refractivity contribution in [3.8, 4) is 0 Å². The molecule has 0 bridgehead atoms. The number of nitrogens with two attached hydrogens (primary N) is 1. The van der Waals surface area contributed by atoms with Gasteiger partial charge in [-0.1, -0.05) is 0 Å². The van der Waals surface area contributed by atoms with E-state index >= 15 is 0 Å². The highest BCUT2D eigenvalue weighted by atomic mass is 16.2. The van der Waals surface area contributed by atoms with Crippen LogP contribution in [0.2, 0.25) is 0 Å². The van der Waals surface area contributed by atoms with Crippen molar-refractivity contribution in [2.24, 2.45) is 5.73 Å². The number of amides is 1. The Morgan fingerprint density at radius 1 is 1.50 bits per heavy atom. The van der Waals surface area contributed by atoms with Gasteiger partial charge in [-0.25, -0.2) is 0 Å². The molecule has 2 unspecified atom stereocenters. The average Bonchev–Trinajstić information content (AvgIpc) is 3.05. The average molecular weight is 247 g/mol. The summed E-state index contributed by atoms with van der Waals surface area (Å²) < 4.78 is 2.10. The van der Waals surface area contributed by atoms with Gasteiger partial charge in [0.1, 0.15) is 6.04 Å². The zero-order valence-electron chi connectivity index (χ0n) is 10.9. The number of fused-ring (bicyclic) bond motifs is 1. The molecule has 18 heavy (non-hydrogen) atoms. The van der Waals surface area contributed by atoms with Crippen LogP contribution in [0.15, 0.2) is 12.3 Å². The molecule has 0 spiro atoms. The summed E-state index contributed by atoms with van der Waals surface area (Å²) in [5.41, 5.74) is 8.60. The SMILES string of the molecule is CC(C(=O)NC1CC1)n1ccc2c1CCCC2N. The second-order valence-corrected chi connectivity index (χ2v) is 5.58. The van der Waals surface area contributed by atoms with E-state index < -0.39 is 0 Å². The number of nitrogens with one attached hydrogen (secondary N) is 1. The molecule has 1 heterocycles. The molecule has 2 aliphatic carbocycles. The van der Waals surface area contributed by atoms with Crippen LogP contribution in [-0.2, 0) is 11.2 Å². The van der Waals surface area contributed by atoms with Gasteiger partial charge in [-0.15, -0.1) is 0 Å². The van der Waals surface area contributed by atoms with Crippen LogP contribution in [0.25, 0.3) is 0 Å². The van der Waals surface area contributed by atoms with Gasteiger partial charge in [0.2, 0.25) is 5.91 Å². The molecule has 2 aliphatic rings. The number of hydrogen-bond acceptors (Lipinski definition) is 2. The van der Waals surface area contributed by atoms with E-state index in [-0.39, 0.29) is 18.0 Å². The summed E-state index contributed by atoms with van der Waals surface area (Å²) in [7, 11) is 0. The molecule has 3 N–H and O–H groups in total. The normalized spacial score (nSPS) is 24.4. The monoisotopic (exact) mass is 247 g/mol. The van der Waals surface area contributed by atoms with Crippen LogP contribution in [-0.4, -0.2) is 16.5 Å². The second kappa shape index (κ2) is 4.43. The molecule has 2 atom stereocenters. The molecule has 4 nitrogen and oxygen atoms in total. The Hall–Kier alpha value is -1.29. The minimum absolute atomic E-state index is 0.125. The van der Waals surface area contributed by atoms with Crippen LogP contribution in [0.1, 0.15) is 55.9 Å². The van der Waals surface area contributed by atoms with Gasteiger partial charge >= 0.3 is 0 Å². The first kappa shape index (κ1) is 11.8. The smallest absolute Gasteiger partial charge is 0.242 e. The number of carbonyl (C=O) groups excluding carboxylic acids is 1. The molecule has 1 aromatic heterocycles. The fourth-order valence-electron chi connectivity index (χ4n) is 2.79. The van der Waals surface area contributed by atoms with E-state index in [1.165, 1.54) is 11.3 Å². The van der Waals surface area contributed by atoms with Gasteiger partial charge in [-0.3, -0.25) is 4.79 Å². The first-order chi connectivity index (χ1) is 8.66. The number of rotatable bonds is 3. The molecule has 0 radical (unpaired) electrons. The standard InChI is InChI=1S/C14H21N3O/c1-9(14(18)16-10-5-6-10)17-8-7-11-12(15)3-2-4-13(11)17/h7-10,12H,2-6,15H2,1H3,(H,16,18). The minimum Gasteiger partial charge on any atom is -0.352 e. The van der Waals surface area contributed by atoms with Crippen molar-refractivity contribution < 1.29 is 4.79 Å². The van der Waals surface area contributed by atoms with Gasteiger partial charge in [0.25, 0.3) is 0 Å². The predicted octanol–water partition coefficient (Wildman–Crippen LogP) is 1.66. The highest BCUT2D eigenvalue weighted by Crippen LogP contribution is 2.31. The summed E-state index contributed by atoms with van der Waals surface area (Å²) in [5.74, 6) is 0.134. The summed E-state index contributed by atoms with van der Waals surface area (Å²) in [4.78, 5) is 12.1. The first-order valence-electron chi connectivity index (χ1n) is 6.92. The van der Waals surface area contributed by atoms with E-state index in [0.29, 0.717) is 6.04 Å². The zero-order chi connectivity index (χ0) is 12.7. The Labute approximate surface area is 108 Å². The van der Waals surface area contributed by atoms with Crippen LogP contribution >= 0.6 is 0 Å². The minimum atomic E-state index is -0.125. The fraction of sp³-hybridized carbons (Fsp3) is 0.643. The molecule has 3 rings (SSSR count). The molecule has 4 heteroatoms. The van der Waals surface area contributed by atoms with Crippen LogP contribution in [0.4, 0.5) is 0 Å². The number of hydrogen-bond donors (Lipinski definition) is 2. The van der Waals surface area contributed by atoms with Crippen LogP contribution in [0.5, 0.6) is 0 Å². The van der Waals surface area contributed by atoms with Crippen molar-refractivity contribution in [3.05, 3.63) is 23.5 Å². The Bertz CT molecular complexity index is 462. The predicted molar refractivity (Wildman–Crippen MR) is 70.2 cm³/mol. The van der Waals surface area contributed by atoms with Gasteiger partial charge in [-0.05, 0) is 50.7 Å². The Morgan fingerprint density at radius 2 is 2.28 bits per heavy atom. The van der Waals surface area contributed by atoms with E-state index in [4.69, 9.17) is 5.73 Å². The van der Waals surface area contributed by atoms with Crippen molar-refractivity contribution in [3.63, 3.8) is 0 Å². The van der Waals surface area contributed by atoms with Crippen LogP contribution in [0, 0.1) is 0 Å². The van der Waals surface area contributed by atoms with E-state index in [2.05, 4.69) is 16.0 Å². The van der Waals surface area contributed by atoms with E-state index in [0.717, 1.165) is 32.1 Å². The summed E-state index contributed by atoms with van der Waals surface area (Å²) in [6, 6.07) is 2.53. The van der Waals surface area contributed by atoms with Crippen molar-refractivity contribution in [1.82, 2.24) is 9.88 Å². The van der Waals surface area contributed by atoms with Gasteiger partial charge in [0, 0.05) is 24.0 Å². The zero-order valence-corrected chi connectivity index (χ0v) is 10.9. The van der Waals surface area contributed by atoms with Gasteiger partial charge < -0.3 is 15.6 Å². The van der Waals surface area contributed by atoms with E-state index in [1.807, 2.05) is 13.1 Å². The maximum Gasteiger partial charge on any atom is 0.242 e. The second-order valence-electron chi connectivity index (χ2n) is 5.58. The third-order valence-electron chi connectivity index (χ3n) is 4.11. The largest absolute Gasteiger partial charge is 0.352 e. The molecule has 0 aliphatic heterocycles. The van der Waals surface area contributed by atoms with Crippen LogP contribution < -0.4 is 11.1 Å². The van der Waals surface area contributed by atoms with Crippen LogP contribution in [0.3, 0.4) is 0 Å². The highest BCUT2D eigenvalue weighted by molar-refractivity contribution is 5.80. The first-order valence-corrected chi connectivity index (χ1v) is 6.92. The molecular formula is C14H21N3O. The molecule has 1 saturated carbocycles. The highest BCUT2D eigenvalue weighted by Gasteiger charge is 2.28. The number of carbonyl (C=O) groups is 1.